The first-order chi connectivity index (χ1) is 15.2. The van der Waals surface area contributed by atoms with E-state index in [-0.39, 0.29) is 17.2 Å². The lowest BCUT2D eigenvalue weighted by Gasteiger charge is -2.42. The Labute approximate surface area is 193 Å². The molecule has 8 nitrogen and oxygen atoms in total. The van der Waals surface area contributed by atoms with Crippen molar-refractivity contribution < 1.29 is 14.7 Å². The van der Waals surface area contributed by atoms with E-state index in [4.69, 9.17) is 4.98 Å². The lowest BCUT2D eigenvalue weighted by atomic mass is 9.79. The van der Waals surface area contributed by atoms with Gasteiger partial charge in [-0.05, 0) is 17.5 Å². The summed E-state index contributed by atoms with van der Waals surface area (Å²) in [6.45, 7) is 12.4. The molecular weight excluding hydrogens is 426 g/mol. The number of nitrogens with zero attached hydrogens (tertiary/aromatic N) is 5. The first kappa shape index (κ1) is 22.8. The van der Waals surface area contributed by atoms with Crippen molar-refractivity contribution in [1.29, 1.82) is 0 Å². The number of piperazine rings is 2. The summed E-state index contributed by atoms with van der Waals surface area (Å²) in [4.78, 5) is 37.5. The average molecular weight is 460 g/mol. The van der Waals surface area contributed by atoms with E-state index in [1.807, 2.05) is 23.1 Å². The van der Waals surface area contributed by atoms with Crippen LogP contribution in [-0.4, -0.2) is 95.7 Å². The van der Waals surface area contributed by atoms with Gasteiger partial charge in [0.2, 0.25) is 5.91 Å². The zero-order valence-corrected chi connectivity index (χ0v) is 20.0. The summed E-state index contributed by atoms with van der Waals surface area (Å²) in [6.07, 6.45) is -0.862. The number of carboxylic acid groups (broad SMARTS) is 1. The Morgan fingerprint density at radius 2 is 1.62 bits per heavy atom. The van der Waals surface area contributed by atoms with Crippen LogP contribution in [0.1, 0.15) is 20.8 Å². The predicted molar refractivity (Wildman–Crippen MR) is 127 cm³/mol. The predicted octanol–water partition coefficient (Wildman–Crippen LogP) is 2.90. The van der Waals surface area contributed by atoms with Gasteiger partial charge in [-0.3, -0.25) is 9.69 Å². The highest BCUT2D eigenvalue weighted by Crippen LogP contribution is 2.31. The monoisotopic (exact) mass is 459 g/mol. The van der Waals surface area contributed by atoms with E-state index in [2.05, 4.69) is 36.6 Å². The van der Waals surface area contributed by atoms with E-state index in [9.17, 15) is 14.7 Å². The minimum absolute atomic E-state index is 0.118. The van der Waals surface area contributed by atoms with Crippen molar-refractivity contribution in [3.63, 3.8) is 0 Å². The van der Waals surface area contributed by atoms with Gasteiger partial charge in [0.05, 0.1) is 16.1 Å². The Bertz CT molecular complexity index is 923. The van der Waals surface area contributed by atoms with Crippen LogP contribution in [0.5, 0.6) is 0 Å². The number of hydrogen-bond acceptors (Lipinski definition) is 6. The molecule has 9 heteroatoms. The molecule has 2 aliphatic rings. The number of para-hydroxylation sites is 1. The molecule has 3 heterocycles. The van der Waals surface area contributed by atoms with Crippen LogP contribution in [-0.2, 0) is 4.79 Å². The molecule has 0 radical (unpaired) electrons. The van der Waals surface area contributed by atoms with E-state index < -0.39 is 6.09 Å². The zero-order valence-electron chi connectivity index (χ0n) is 19.2. The van der Waals surface area contributed by atoms with Gasteiger partial charge in [-0.2, -0.15) is 0 Å². The third-order valence-electron chi connectivity index (χ3n) is 6.57. The third-order valence-corrected chi connectivity index (χ3v) is 7.67. The molecule has 4 rings (SSSR count). The summed E-state index contributed by atoms with van der Waals surface area (Å²) in [6, 6.07) is 8.19. The molecule has 0 unspecified atom stereocenters. The maximum absolute atomic E-state index is 13.5. The summed E-state index contributed by atoms with van der Waals surface area (Å²) in [5, 5.41) is 10.2. The molecule has 2 aliphatic heterocycles. The molecule has 2 saturated heterocycles. The standard InChI is InChI=1S/C23H33N5O3S/c1-23(2,3)17(16-25-8-10-28(11-9-25)22(30)31)20(29)26-12-14-27(15-13-26)21-24-18-6-4-5-7-19(18)32-21/h4-7,17H,8-16H2,1-3H3,(H,30,31)/t17-/m0/s1. The third kappa shape index (κ3) is 4.99. The van der Waals surface area contributed by atoms with Crippen molar-refractivity contribution in [1.82, 2.24) is 19.7 Å². The van der Waals surface area contributed by atoms with Gasteiger partial charge in [-0.25, -0.2) is 9.78 Å². The Morgan fingerprint density at radius 1 is 1.00 bits per heavy atom. The van der Waals surface area contributed by atoms with Gasteiger partial charge in [0, 0.05) is 58.9 Å². The number of rotatable bonds is 4. The fraction of sp³-hybridized carbons (Fsp3) is 0.609. The van der Waals surface area contributed by atoms with Crippen molar-refractivity contribution in [2.45, 2.75) is 20.8 Å². The Kier molecular flexibility index (Phi) is 6.57. The molecule has 174 valence electrons. The minimum Gasteiger partial charge on any atom is -0.465 e. The molecule has 1 aromatic carbocycles. The van der Waals surface area contributed by atoms with Crippen LogP contribution >= 0.6 is 11.3 Å². The number of fused-ring (bicyclic) bond motifs is 1. The maximum atomic E-state index is 13.5. The second-order valence-electron chi connectivity index (χ2n) is 9.77. The number of anilines is 1. The van der Waals surface area contributed by atoms with Crippen LogP contribution in [0.15, 0.2) is 24.3 Å². The Morgan fingerprint density at radius 3 is 2.22 bits per heavy atom. The quantitative estimate of drug-likeness (QED) is 0.757. The van der Waals surface area contributed by atoms with Gasteiger partial charge in [0.15, 0.2) is 5.13 Å². The smallest absolute Gasteiger partial charge is 0.407 e. The molecule has 1 N–H and O–H groups in total. The van der Waals surface area contributed by atoms with Crippen LogP contribution in [0.25, 0.3) is 10.2 Å². The lowest BCUT2D eigenvalue weighted by molar-refractivity contribution is -0.140. The summed E-state index contributed by atoms with van der Waals surface area (Å²) in [7, 11) is 0. The van der Waals surface area contributed by atoms with E-state index >= 15 is 0 Å². The zero-order chi connectivity index (χ0) is 22.9. The van der Waals surface area contributed by atoms with Gasteiger partial charge < -0.3 is 19.8 Å². The molecule has 1 atom stereocenters. The van der Waals surface area contributed by atoms with Crippen LogP contribution in [0.4, 0.5) is 9.93 Å². The van der Waals surface area contributed by atoms with Gasteiger partial charge in [0.1, 0.15) is 0 Å². The number of hydrogen-bond donors (Lipinski definition) is 1. The highest BCUT2D eigenvalue weighted by Gasteiger charge is 2.37. The number of thiazole rings is 1. The minimum atomic E-state index is -0.862. The van der Waals surface area contributed by atoms with Crippen molar-refractivity contribution in [3.8, 4) is 0 Å². The van der Waals surface area contributed by atoms with Gasteiger partial charge in [0.25, 0.3) is 0 Å². The average Bonchev–Trinajstić information content (AvgIpc) is 3.21. The molecule has 2 fully saturated rings. The highest BCUT2D eigenvalue weighted by molar-refractivity contribution is 7.22. The summed E-state index contributed by atoms with van der Waals surface area (Å²) < 4.78 is 1.19. The van der Waals surface area contributed by atoms with E-state index in [1.54, 1.807) is 11.3 Å². The molecular formula is C23H33N5O3S. The molecule has 0 aliphatic carbocycles. The van der Waals surface area contributed by atoms with Gasteiger partial charge >= 0.3 is 6.09 Å². The molecule has 2 aromatic rings. The molecule has 0 spiro atoms. The Hall–Kier alpha value is -2.39. The maximum Gasteiger partial charge on any atom is 0.407 e. The van der Waals surface area contributed by atoms with Crippen LogP contribution in [0.2, 0.25) is 0 Å². The lowest BCUT2D eigenvalue weighted by Crippen LogP contribution is -2.55. The summed E-state index contributed by atoms with van der Waals surface area (Å²) in [5.41, 5.74) is 0.868. The molecule has 0 saturated carbocycles. The van der Waals surface area contributed by atoms with Gasteiger partial charge in [-0.1, -0.05) is 44.2 Å². The fourth-order valence-electron chi connectivity index (χ4n) is 4.44. The summed E-state index contributed by atoms with van der Waals surface area (Å²) in [5.74, 6) is 0.0926. The summed E-state index contributed by atoms with van der Waals surface area (Å²) >= 11 is 1.71. The Balaban J connectivity index is 1.36. The van der Waals surface area contributed by atoms with Crippen LogP contribution < -0.4 is 4.90 Å². The second kappa shape index (κ2) is 9.23. The molecule has 2 amide bonds. The largest absolute Gasteiger partial charge is 0.465 e. The second-order valence-corrected chi connectivity index (χ2v) is 10.8. The van der Waals surface area contributed by atoms with Gasteiger partial charge in [-0.15, -0.1) is 0 Å². The number of carbonyl (C=O) groups excluding carboxylic acids is 1. The molecule has 1 aromatic heterocycles. The van der Waals surface area contributed by atoms with Crippen molar-refractivity contribution in [3.05, 3.63) is 24.3 Å². The van der Waals surface area contributed by atoms with Crippen LogP contribution in [0, 0.1) is 11.3 Å². The number of benzene rings is 1. The first-order valence-corrected chi connectivity index (χ1v) is 12.1. The van der Waals surface area contributed by atoms with E-state index in [0.29, 0.717) is 45.8 Å². The topological polar surface area (TPSA) is 80.2 Å². The van der Waals surface area contributed by atoms with E-state index in [1.165, 1.54) is 9.60 Å². The SMILES string of the molecule is CC(C)(C)[C@@H](CN1CCN(C(=O)O)CC1)C(=O)N1CCN(c2nc3ccccc3s2)CC1. The van der Waals surface area contributed by atoms with Crippen molar-refractivity contribution >= 4 is 38.7 Å². The number of amides is 2. The number of carbonyl (C=O) groups is 2. The highest BCUT2D eigenvalue weighted by atomic mass is 32.1. The first-order valence-electron chi connectivity index (χ1n) is 11.3. The van der Waals surface area contributed by atoms with E-state index in [0.717, 1.165) is 23.7 Å². The van der Waals surface area contributed by atoms with Crippen LogP contribution in [0.3, 0.4) is 0 Å². The van der Waals surface area contributed by atoms with Crippen molar-refractivity contribution in [2.75, 3.05) is 63.8 Å². The number of aromatic nitrogens is 1. The molecule has 0 bridgehead atoms. The normalized spacial score (nSPS) is 19.4. The molecule has 32 heavy (non-hydrogen) atoms. The van der Waals surface area contributed by atoms with Crippen molar-refractivity contribution in [2.24, 2.45) is 11.3 Å². The fourth-order valence-corrected chi connectivity index (χ4v) is 5.45.